The monoisotopic (exact) mass is 269 g/mol. The number of thiophene rings is 1. The van der Waals surface area contributed by atoms with Crippen molar-refractivity contribution in [1.82, 2.24) is 5.32 Å². The summed E-state index contributed by atoms with van der Waals surface area (Å²) in [5.41, 5.74) is 0.113. The summed E-state index contributed by atoms with van der Waals surface area (Å²) in [6.07, 6.45) is 0. The zero-order valence-corrected chi connectivity index (χ0v) is 12.9. The van der Waals surface area contributed by atoms with Crippen LogP contribution in [-0.2, 0) is 14.9 Å². The van der Waals surface area contributed by atoms with Crippen LogP contribution in [0.15, 0.2) is 12.1 Å². The molecule has 0 saturated carbocycles. The van der Waals surface area contributed by atoms with Crippen molar-refractivity contribution in [2.24, 2.45) is 0 Å². The van der Waals surface area contributed by atoms with Crippen LogP contribution in [0.4, 0.5) is 0 Å². The lowest BCUT2D eigenvalue weighted by Crippen LogP contribution is -2.33. The molecule has 0 aliphatic rings. The third-order valence-electron chi connectivity index (χ3n) is 2.59. The van der Waals surface area contributed by atoms with Crippen molar-refractivity contribution >= 4 is 17.3 Å². The van der Waals surface area contributed by atoms with Crippen LogP contribution in [0.1, 0.15) is 50.4 Å². The number of carbonyl (C=O) groups is 1. The summed E-state index contributed by atoms with van der Waals surface area (Å²) in [4.78, 5) is 14.1. The van der Waals surface area contributed by atoms with Crippen molar-refractivity contribution in [2.45, 2.75) is 52.1 Å². The molecule has 0 amide bonds. The molecule has 0 radical (unpaired) electrons. The normalized spacial score (nSPS) is 13.7. The first-order chi connectivity index (χ1) is 8.25. The zero-order valence-electron chi connectivity index (χ0n) is 12.0. The lowest BCUT2D eigenvalue weighted by Gasteiger charge is -2.19. The maximum atomic E-state index is 11.8. The molecule has 1 aromatic rings. The van der Waals surface area contributed by atoms with Crippen molar-refractivity contribution in [1.29, 1.82) is 0 Å². The fourth-order valence-electron chi connectivity index (χ4n) is 1.63. The number of rotatable bonds is 4. The van der Waals surface area contributed by atoms with Crippen LogP contribution in [0.5, 0.6) is 0 Å². The second kappa shape index (κ2) is 5.85. The maximum Gasteiger partial charge on any atom is 0.328 e. The Balaban J connectivity index is 2.99. The Morgan fingerprint density at radius 2 is 1.94 bits per heavy atom. The Hall–Kier alpha value is -0.870. The van der Waals surface area contributed by atoms with Crippen molar-refractivity contribution in [3.05, 3.63) is 21.9 Å². The van der Waals surface area contributed by atoms with Gasteiger partial charge in [-0.3, -0.25) is 5.32 Å². The van der Waals surface area contributed by atoms with Gasteiger partial charge in [0.05, 0.1) is 7.11 Å². The SMILES string of the molecule is COC(=O)C(NC(C)C)c1ccc(C(C)(C)C)s1. The summed E-state index contributed by atoms with van der Waals surface area (Å²) in [5.74, 6) is -0.231. The summed E-state index contributed by atoms with van der Waals surface area (Å²) in [5, 5.41) is 3.25. The fraction of sp³-hybridized carbons (Fsp3) is 0.643. The summed E-state index contributed by atoms with van der Waals surface area (Å²) in [7, 11) is 1.43. The molecule has 1 N–H and O–H groups in total. The fourth-order valence-corrected chi connectivity index (χ4v) is 2.74. The molecule has 0 spiro atoms. The molecule has 1 heterocycles. The number of hydrogen-bond donors (Lipinski definition) is 1. The average Bonchev–Trinajstić information content (AvgIpc) is 2.73. The quantitative estimate of drug-likeness (QED) is 0.853. The number of hydrogen-bond acceptors (Lipinski definition) is 4. The lowest BCUT2D eigenvalue weighted by molar-refractivity contribution is -0.143. The van der Waals surface area contributed by atoms with Gasteiger partial charge in [-0.1, -0.05) is 20.8 Å². The summed E-state index contributed by atoms with van der Waals surface area (Å²) < 4.78 is 4.87. The van der Waals surface area contributed by atoms with Gasteiger partial charge >= 0.3 is 5.97 Å². The van der Waals surface area contributed by atoms with Gasteiger partial charge in [-0.15, -0.1) is 11.3 Å². The molecular formula is C14H23NO2S. The van der Waals surface area contributed by atoms with Gasteiger partial charge in [0.2, 0.25) is 0 Å². The highest BCUT2D eigenvalue weighted by Crippen LogP contribution is 2.32. The Labute approximate surface area is 114 Å². The summed E-state index contributed by atoms with van der Waals surface area (Å²) in [6, 6.07) is 3.98. The Bertz CT molecular complexity index is 404. The Kier molecular flexibility index (Phi) is 4.93. The number of nitrogens with one attached hydrogen (secondary N) is 1. The van der Waals surface area contributed by atoms with E-state index in [9.17, 15) is 4.79 Å². The minimum absolute atomic E-state index is 0.113. The standard InChI is InChI=1S/C14H23NO2S/c1-9(2)15-12(13(16)17-6)10-7-8-11(18-10)14(3,4)5/h7-9,12,15H,1-6H3. The molecule has 0 aromatic carbocycles. The topological polar surface area (TPSA) is 38.3 Å². The van der Waals surface area contributed by atoms with Crippen LogP contribution in [0.3, 0.4) is 0 Å². The van der Waals surface area contributed by atoms with E-state index in [2.05, 4.69) is 32.2 Å². The minimum atomic E-state index is -0.365. The Morgan fingerprint density at radius 3 is 2.33 bits per heavy atom. The minimum Gasteiger partial charge on any atom is -0.468 e. The van der Waals surface area contributed by atoms with Gasteiger partial charge in [-0.2, -0.15) is 0 Å². The van der Waals surface area contributed by atoms with Crippen molar-refractivity contribution in [2.75, 3.05) is 7.11 Å². The molecule has 1 aromatic heterocycles. The predicted molar refractivity (Wildman–Crippen MR) is 76.0 cm³/mol. The molecule has 3 nitrogen and oxygen atoms in total. The van der Waals surface area contributed by atoms with Gasteiger partial charge in [0, 0.05) is 15.8 Å². The van der Waals surface area contributed by atoms with Crippen LogP contribution in [0.2, 0.25) is 0 Å². The van der Waals surface area contributed by atoms with Crippen molar-refractivity contribution in [3.63, 3.8) is 0 Å². The first-order valence-electron chi connectivity index (χ1n) is 6.19. The van der Waals surface area contributed by atoms with Gasteiger partial charge in [0.1, 0.15) is 6.04 Å². The molecule has 18 heavy (non-hydrogen) atoms. The van der Waals surface area contributed by atoms with Crippen LogP contribution in [-0.4, -0.2) is 19.1 Å². The molecule has 0 aliphatic carbocycles. The summed E-state index contributed by atoms with van der Waals surface area (Å²) >= 11 is 1.67. The average molecular weight is 269 g/mol. The number of methoxy groups -OCH3 is 1. The zero-order chi connectivity index (χ0) is 13.9. The largest absolute Gasteiger partial charge is 0.468 e. The van der Waals surface area contributed by atoms with E-state index < -0.39 is 0 Å². The second-order valence-electron chi connectivity index (χ2n) is 5.73. The van der Waals surface area contributed by atoms with E-state index >= 15 is 0 Å². The van der Waals surface area contributed by atoms with Crippen LogP contribution in [0, 0.1) is 0 Å². The molecular weight excluding hydrogens is 246 g/mol. The third-order valence-corrected chi connectivity index (χ3v) is 4.16. The smallest absolute Gasteiger partial charge is 0.328 e. The maximum absolute atomic E-state index is 11.8. The second-order valence-corrected chi connectivity index (χ2v) is 6.84. The molecule has 102 valence electrons. The van der Waals surface area contributed by atoms with Crippen molar-refractivity contribution < 1.29 is 9.53 Å². The van der Waals surface area contributed by atoms with Crippen LogP contribution < -0.4 is 5.32 Å². The van der Waals surface area contributed by atoms with E-state index in [0.29, 0.717) is 0 Å². The molecule has 0 aliphatic heterocycles. The van der Waals surface area contributed by atoms with Gasteiger partial charge in [0.15, 0.2) is 0 Å². The van der Waals surface area contributed by atoms with Gasteiger partial charge in [0.25, 0.3) is 0 Å². The van der Waals surface area contributed by atoms with E-state index in [-0.39, 0.29) is 23.5 Å². The molecule has 0 fully saturated rings. The van der Waals surface area contributed by atoms with Crippen LogP contribution >= 0.6 is 11.3 Å². The molecule has 1 unspecified atom stereocenters. The molecule has 4 heteroatoms. The highest BCUT2D eigenvalue weighted by atomic mass is 32.1. The van der Waals surface area contributed by atoms with Crippen LogP contribution in [0.25, 0.3) is 0 Å². The number of esters is 1. The highest BCUT2D eigenvalue weighted by molar-refractivity contribution is 7.12. The first-order valence-corrected chi connectivity index (χ1v) is 7.01. The van der Waals surface area contributed by atoms with E-state index in [4.69, 9.17) is 4.74 Å². The molecule has 0 bridgehead atoms. The number of ether oxygens (including phenoxy) is 1. The van der Waals surface area contributed by atoms with Crippen molar-refractivity contribution in [3.8, 4) is 0 Å². The number of carbonyl (C=O) groups excluding carboxylic acids is 1. The van der Waals surface area contributed by atoms with Gasteiger partial charge in [-0.25, -0.2) is 4.79 Å². The predicted octanol–water partition coefficient (Wildman–Crippen LogP) is 3.26. The summed E-state index contributed by atoms with van der Waals surface area (Å²) in [6.45, 7) is 10.6. The Morgan fingerprint density at radius 1 is 1.33 bits per heavy atom. The third kappa shape index (κ3) is 3.82. The van der Waals surface area contributed by atoms with E-state index in [1.54, 1.807) is 11.3 Å². The van der Waals surface area contributed by atoms with E-state index in [1.165, 1.54) is 12.0 Å². The van der Waals surface area contributed by atoms with Gasteiger partial charge in [-0.05, 0) is 31.4 Å². The molecule has 1 rings (SSSR count). The molecule has 1 atom stereocenters. The highest BCUT2D eigenvalue weighted by Gasteiger charge is 2.25. The van der Waals surface area contributed by atoms with E-state index in [0.717, 1.165) is 4.88 Å². The molecule has 0 saturated heterocycles. The van der Waals surface area contributed by atoms with Gasteiger partial charge < -0.3 is 4.74 Å². The lowest BCUT2D eigenvalue weighted by atomic mass is 9.95. The van der Waals surface area contributed by atoms with E-state index in [1.807, 2.05) is 19.9 Å². The first kappa shape index (κ1) is 15.2.